The van der Waals surface area contributed by atoms with Crippen LogP contribution in [-0.2, 0) is 6.54 Å². The molecule has 1 N–H and O–H groups in total. The summed E-state index contributed by atoms with van der Waals surface area (Å²) < 4.78 is 2.01. The van der Waals surface area contributed by atoms with E-state index in [9.17, 15) is 0 Å². The van der Waals surface area contributed by atoms with Gasteiger partial charge < -0.3 is 10.2 Å². The van der Waals surface area contributed by atoms with E-state index < -0.39 is 0 Å². The zero-order valence-corrected chi connectivity index (χ0v) is 16.3. The first kappa shape index (κ1) is 18.0. The molecule has 2 fully saturated rings. The molecule has 6 nitrogen and oxygen atoms in total. The molecule has 27 heavy (non-hydrogen) atoms. The van der Waals surface area contributed by atoms with Crippen LogP contribution in [0.5, 0.6) is 0 Å². The lowest BCUT2D eigenvalue weighted by molar-refractivity contribution is 0.203. The van der Waals surface area contributed by atoms with Crippen molar-refractivity contribution in [3.8, 4) is 5.69 Å². The van der Waals surface area contributed by atoms with Crippen LogP contribution in [0.4, 0.5) is 0 Å². The van der Waals surface area contributed by atoms with Crippen molar-refractivity contribution in [2.45, 2.75) is 52.0 Å². The van der Waals surface area contributed by atoms with Gasteiger partial charge in [-0.15, -0.1) is 10.2 Å². The summed E-state index contributed by atoms with van der Waals surface area (Å²) in [5.41, 5.74) is 1.60. The van der Waals surface area contributed by atoms with Gasteiger partial charge in [-0.3, -0.25) is 4.57 Å². The van der Waals surface area contributed by atoms with Gasteiger partial charge in [0, 0.05) is 25.3 Å². The fourth-order valence-electron chi connectivity index (χ4n) is 4.57. The maximum Gasteiger partial charge on any atom is 0.194 e. The topological polar surface area (TPSA) is 58.3 Å². The molecule has 1 saturated carbocycles. The highest BCUT2D eigenvalue weighted by molar-refractivity contribution is 5.80. The van der Waals surface area contributed by atoms with Gasteiger partial charge in [-0.25, -0.2) is 4.99 Å². The summed E-state index contributed by atoms with van der Waals surface area (Å²) in [6, 6.07) is 10.2. The third-order valence-electron chi connectivity index (χ3n) is 6.01. The Morgan fingerprint density at radius 3 is 2.74 bits per heavy atom. The highest BCUT2D eigenvalue weighted by atomic mass is 15.3. The predicted octanol–water partition coefficient (Wildman–Crippen LogP) is 3.39. The summed E-state index contributed by atoms with van der Waals surface area (Å²) in [4.78, 5) is 7.37. The zero-order valence-electron chi connectivity index (χ0n) is 16.3. The summed E-state index contributed by atoms with van der Waals surface area (Å²) >= 11 is 0. The molecule has 0 unspecified atom stereocenters. The molecule has 2 aromatic rings. The van der Waals surface area contributed by atoms with E-state index >= 15 is 0 Å². The lowest BCUT2D eigenvalue weighted by atomic mass is 9.73. The van der Waals surface area contributed by atoms with Gasteiger partial charge in [0.15, 0.2) is 11.8 Å². The molecule has 4 rings (SSSR count). The van der Waals surface area contributed by atoms with Gasteiger partial charge in [0.25, 0.3) is 0 Å². The monoisotopic (exact) mass is 366 g/mol. The van der Waals surface area contributed by atoms with Crippen LogP contribution in [0.15, 0.2) is 41.7 Å². The fourth-order valence-corrected chi connectivity index (χ4v) is 4.57. The van der Waals surface area contributed by atoms with Crippen molar-refractivity contribution in [3.63, 3.8) is 0 Å². The number of hydrogen-bond donors (Lipinski definition) is 1. The van der Waals surface area contributed by atoms with Crippen LogP contribution in [0.1, 0.15) is 51.3 Å². The SMILES string of the molecule is CCNC(=NCc1nncn1-c1ccccc1)N1CCC2(CCCCC2)C1. The van der Waals surface area contributed by atoms with E-state index in [1.54, 1.807) is 6.33 Å². The molecule has 1 aliphatic heterocycles. The van der Waals surface area contributed by atoms with Gasteiger partial charge in [0.05, 0.1) is 0 Å². The number of hydrogen-bond acceptors (Lipinski definition) is 3. The molecule has 0 radical (unpaired) electrons. The lowest BCUT2D eigenvalue weighted by Gasteiger charge is -2.33. The fraction of sp³-hybridized carbons (Fsp3) is 0.571. The van der Waals surface area contributed by atoms with Crippen molar-refractivity contribution >= 4 is 5.96 Å². The molecule has 0 amide bonds. The predicted molar refractivity (Wildman–Crippen MR) is 108 cm³/mol. The van der Waals surface area contributed by atoms with Crippen molar-refractivity contribution in [2.75, 3.05) is 19.6 Å². The van der Waals surface area contributed by atoms with E-state index in [2.05, 4.69) is 39.5 Å². The third kappa shape index (κ3) is 3.99. The van der Waals surface area contributed by atoms with Gasteiger partial charge in [0.2, 0.25) is 0 Å². The molecular weight excluding hydrogens is 336 g/mol. The lowest BCUT2D eigenvalue weighted by Crippen LogP contribution is -2.41. The van der Waals surface area contributed by atoms with E-state index in [0.717, 1.165) is 37.1 Å². The second kappa shape index (κ2) is 8.11. The molecule has 144 valence electrons. The zero-order chi connectivity index (χ0) is 18.5. The van der Waals surface area contributed by atoms with Crippen LogP contribution in [-0.4, -0.2) is 45.3 Å². The van der Waals surface area contributed by atoms with E-state index in [1.165, 1.54) is 38.5 Å². The first-order chi connectivity index (χ1) is 13.3. The van der Waals surface area contributed by atoms with Crippen molar-refractivity contribution in [2.24, 2.45) is 10.4 Å². The van der Waals surface area contributed by atoms with Crippen molar-refractivity contribution in [1.29, 1.82) is 0 Å². The maximum absolute atomic E-state index is 4.91. The standard InChI is InChI=1S/C21H30N6/c1-2-22-20(26-14-13-21(16-26)11-7-4-8-12-21)23-15-19-25-24-17-27(19)18-9-5-3-6-10-18/h3,5-6,9-10,17H,2,4,7-8,11-16H2,1H3,(H,22,23). The molecule has 1 aromatic carbocycles. The van der Waals surface area contributed by atoms with Crippen molar-refractivity contribution < 1.29 is 0 Å². The highest BCUT2D eigenvalue weighted by Gasteiger charge is 2.39. The first-order valence-corrected chi connectivity index (χ1v) is 10.3. The highest BCUT2D eigenvalue weighted by Crippen LogP contribution is 2.43. The summed E-state index contributed by atoms with van der Waals surface area (Å²) in [6.45, 7) is 5.80. The largest absolute Gasteiger partial charge is 0.357 e. The molecule has 1 spiro atoms. The van der Waals surface area contributed by atoms with Crippen LogP contribution in [0.2, 0.25) is 0 Å². The number of benzene rings is 1. The molecule has 6 heteroatoms. The van der Waals surface area contributed by atoms with Gasteiger partial charge in [-0.1, -0.05) is 37.5 Å². The summed E-state index contributed by atoms with van der Waals surface area (Å²) in [6.07, 6.45) is 10.0. The van der Waals surface area contributed by atoms with E-state index in [4.69, 9.17) is 4.99 Å². The van der Waals surface area contributed by atoms with Gasteiger partial charge >= 0.3 is 0 Å². The van der Waals surface area contributed by atoms with Gasteiger partial charge in [0.1, 0.15) is 12.9 Å². The molecular formula is C21H30N6. The Morgan fingerprint density at radius 2 is 1.96 bits per heavy atom. The van der Waals surface area contributed by atoms with Gasteiger partial charge in [-0.05, 0) is 43.7 Å². The summed E-state index contributed by atoms with van der Waals surface area (Å²) in [5, 5.41) is 11.9. The normalized spacial score (nSPS) is 19.6. The van der Waals surface area contributed by atoms with Crippen molar-refractivity contribution in [3.05, 3.63) is 42.5 Å². The Labute approximate surface area is 161 Å². The maximum atomic E-state index is 4.91. The Balaban J connectivity index is 1.49. The van der Waals surface area contributed by atoms with E-state index in [-0.39, 0.29) is 0 Å². The summed E-state index contributed by atoms with van der Waals surface area (Å²) in [5.74, 6) is 1.88. The van der Waals surface area contributed by atoms with Crippen molar-refractivity contribution in [1.82, 2.24) is 25.0 Å². The number of aliphatic imine (C=N–C) groups is 1. The van der Waals surface area contributed by atoms with E-state index in [1.807, 2.05) is 22.8 Å². The smallest absolute Gasteiger partial charge is 0.194 e. The average molecular weight is 367 g/mol. The molecule has 2 aliphatic rings. The number of nitrogens with one attached hydrogen (secondary N) is 1. The minimum atomic E-state index is 0.526. The molecule has 1 aliphatic carbocycles. The minimum absolute atomic E-state index is 0.526. The quantitative estimate of drug-likeness (QED) is 0.666. The third-order valence-corrected chi connectivity index (χ3v) is 6.01. The molecule has 1 saturated heterocycles. The van der Waals surface area contributed by atoms with Crippen LogP contribution >= 0.6 is 0 Å². The first-order valence-electron chi connectivity index (χ1n) is 10.3. The number of rotatable bonds is 4. The Morgan fingerprint density at radius 1 is 1.15 bits per heavy atom. The second-order valence-corrected chi connectivity index (χ2v) is 7.86. The number of guanidine groups is 1. The average Bonchev–Trinajstić information content (AvgIpc) is 3.34. The van der Waals surface area contributed by atoms with E-state index in [0.29, 0.717) is 12.0 Å². The van der Waals surface area contributed by atoms with Crippen LogP contribution in [0, 0.1) is 5.41 Å². The number of likely N-dealkylation sites (tertiary alicyclic amines) is 1. The number of para-hydroxylation sites is 1. The second-order valence-electron chi connectivity index (χ2n) is 7.86. The van der Waals surface area contributed by atoms with Crippen LogP contribution in [0.3, 0.4) is 0 Å². The number of nitrogens with zero attached hydrogens (tertiary/aromatic N) is 5. The minimum Gasteiger partial charge on any atom is -0.357 e. The van der Waals surface area contributed by atoms with Crippen LogP contribution in [0.25, 0.3) is 5.69 Å². The Kier molecular flexibility index (Phi) is 5.41. The molecule has 0 atom stereocenters. The Hall–Kier alpha value is -2.37. The molecule has 1 aromatic heterocycles. The summed E-state index contributed by atoms with van der Waals surface area (Å²) in [7, 11) is 0. The molecule has 2 heterocycles. The Bertz CT molecular complexity index is 760. The number of aromatic nitrogens is 3. The molecule has 0 bridgehead atoms. The van der Waals surface area contributed by atoms with Crippen LogP contribution < -0.4 is 5.32 Å². The van der Waals surface area contributed by atoms with Gasteiger partial charge in [-0.2, -0.15) is 0 Å².